The summed E-state index contributed by atoms with van der Waals surface area (Å²) in [6.07, 6.45) is 3.13. The Labute approximate surface area is 100 Å². The maximum atomic E-state index is 13.0. The van der Waals surface area contributed by atoms with Crippen molar-refractivity contribution in [2.75, 3.05) is 0 Å². The molecule has 0 spiro atoms. The van der Waals surface area contributed by atoms with Crippen LogP contribution in [0.15, 0.2) is 35.1 Å². The van der Waals surface area contributed by atoms with Gasteiger partial charge in [-0.05, 0) is 41.1 Å². The van der Waals surface area contributed by atoms with Crippen molar-refractivity contribution in [3.05, 3.63) is 46.6 Å². The fourth-order valence-corrected chi connectivity index (χ4v) is 1.50. The maximum Gasteiger partial charge on any atom is 0.240 e. The van der Waals surface area contributed by atoms with E-state index in [2.05, 4.69) is 25.9 Å². The normalized spacial score (nSPS) is 10.2. The molecule has 0 bridgehead atoms. The molecular weight excluding hydrogens is 275 g/mol. The number of aryl methyl sites for hydroxylation is 1. The summed E-state index contributed by atoms with van der Waals surface area (Å²) >= 11 is 3.09. The van der Waals surface area contributed by atoms with Crippen LogP contribution in [-0.4, -0.2) is 9.97 Å². The van der Waals surface area contributed by atoms with Gasteiger partial charge in [0, 0.05) is 12.4 Å². The molecule has 82 valence electrons. The molecule has 0 radical (unpaired) electrons. The second-order valence-corrected chi connectivity index (χ2v) is 3.98. The lowest BCUT2D eigenvalue weighted by molar-refractivity contribution is 0.453. The van der Waals surface area contributed by atoms with Crippen molar-refractivity contribution >= 4 is 15.9 Å². The molecule has 2 rings (SSSR count). The predicted molar refractivity (Wildman–Crippen MR) is 60.9 cm³/mol. The van der Waals surface area contributed by atoms with Crippen molar-refractivity contribution in [3.63, 3.8) is 0 Å². The largest absolute Gasteiger partial charge is 0.437 e. The smallest absolute Gasteiger partial charge is 0.240 e. The van der Waals surface area contributed by atoms with E-state index in [9.17, 15) is 4.39 Å². The number of rotatable bonds is 2. The molecule has 0 saturated heterocycles. The lowest BCUT2D eigenvalue weighted by Gasteiger charge is -2.06. The lowest BCUT2D eigenvalue weighted by Crippen LogP contribution is -1.93. The summed E-state index contributed by atoms with van der Waals surface area (Å²) in [5.74, 6) is 0.598. The molecule has 5 heteroatoms. The molecule has 0 fully saturated rings. The second kappa shape index (κ2) is 4.57. The molecule has 0 aliphatic rings. The van der Waals surface area contributed by atoms with Gasteiger partial charge < -0.3 is 4.74 Å². The Balaban J connectivity index is 2.28. The minimum Gasteiger partial charge on any atom is -0.437 e. The van der Waals surface area contributed by atoms with Crippen LogP contribution < -0.4 is 4.74 Å². The summed E-state index contributed by atoms with van der Waals surface area (Å²) in [5, 5.41) is 0. The van der Waals surface area contributed by atoms with Gasteiger partial charge in [-0.25, -0.2) is 9.37 Å². The van der Waals surface area contributed by atoms with Gasteiger partial charge in [0.1, 0.15) is 11.6 Å². The number of ether oxygens (including phenoxy) is 1. The van der Waals surface area contributed by atoms with Crippen molar-refractivity contribution in [2.45, 2.75) is 6.92 Å². The third kappa shape index (κ3) is 2.36. The average molecular weight is 283 g/mol. The number of hydrogen-bond donors (Lipinski definition) is 0. The number of benzene rings is 1. The first-order valence-corrected chi connectivity index (χ1v) is 5.36. The van der Waals surface area contributed by atoms with Gasteiger partial charge in [-0.3, -0.25) is 4.98 Å². The third-order valence-corrected chi connectivity index (χ3v) is 2.55. The van der Waals surface area contributed by atoms with Crippen molar-refractivity contribution < 1.29 is 9.13 Å². The molecule has 0 atom stereocenters. The van der Waals surface area contributed by atoms with Crippen molar-refractivity contribution in [3.8, 4) is 11.6 Å². The SMILES string of the molecule is Cc1nccnc1Oc1ccc(F)c(Br)c1. The molecule has 1 heterocycles. The summed E-state index contributed by atoms with van der Waals surface area (Å²) in [7, 11) is 0. The fraction of sp³-hybridized carbons (Fsp3) is 0.0909. The van der Waals surface area contributed by atoms with E-state index in [-0.39, 0.29) is 5.82 Å². The van der Waals surface area contributed by atoms with Crippen LogP contribution in [0.4, 0.5) is 4.39 Å². The van der Waals surface area contributed by atoms with E-state index in [0.717, 1.165) is 0 Å². The Bertz CT molecular complexity index is 519. The minimum absolute atomic E-state index is 0.330. The highest BCUT2D eigenvalue weighted by Gasteiger charge is 2.05. The highest BCUT2D eigenvalue weighted by atomic mass is 79.9. The molecule has 3 nitrogen and oxygen atoms in total. The number of nitrogens with zero attached hydrogens (tertiary/aromatic N) is 2. The van der Waals surface area contributed by atoms with E-state index in [1.54, 1.807) is 25.4 Å². The molecule has 1 aromatic heterocycles. The van der Waals surface area contributed by atoms with Gasteiger partial charge in [0.05, 0.1) is 10.2 Å². The lowest BCUT2D eigenvalue weighted by atomic mass is 10.3. The summed E-state index contributed by atoms with van der Waals surface area (Å²) < 4.78 is 18.8. The third-order valence-electron chi connectivity index (χ3n) is 1.94. The van der Waals surface area contributed by atoms with Gasteiger partial charge in [0.25, 0.3) is 0 Å². The van der Waals surface area contributed by atoms with Crippen LogP contribution in [0.2, 0.25) is 0 Å². The quantitative estimate of drug-likeness (QED) is 0.846. The topological polar surface area (TPSA) is 35.0 Å². The number of aromatic nitrogens is 2. The Morgan fingerprint density at radius 1 is 1.25 bits per heavy atom. The number of halogens is 2. The molecule has 0 N–H and O–H groups in total. The molecule has 0 unspecified atom stereocenters. The number of hydrogen-bond acceptors (Lipinski definition) is 3. The molecule has 0 saturated carbocycles. The Kier molecular flexibility index (Phi) is 3.14. The van der Waals surface area contributed by atoms with Crippen LogP contribution in [0.1, 0.15) is 5.69 Å². The van der Waals surface area contributed by atoms with E-state index in [4.69, 9.17) is 4.74 Å². The molecule has 16 heavy (non-hydrogen) atoms. The van der Waals surface area contributed by atoms with Gasteiger partial charge in [0.15, 0.2) is 0 Å². The molecule has 2 aromatic rings. The first kappa shape index (κ1) is 11.0. The fourth-order valence-electron chi connectivity index (χ4n) is 1.15. The van der Waals surface area contributed by atoms with Gasteiger partial charge >= 0.3 is 0 Å². The van der Waals surface area contributed by atoms with Crippen LogP contribution in [0, 0.1) is 12.7 Å². The van der Waals surface area contributed by atoms with E-state index in [0.29, 0.717) is 21.8 Å². The summed E-state index contributed by atoms with van der Waals surface area (Å²) in [6, 6.07) is 4.41. The van der Waals surface area contributed by atoms with Crippen LogP contribution in [0.25, 0.3) is 0 Å². The van der Waals surface area contributed by atoms with Crippen LogP contribution in [0.5, 0.6) is 11.6 Å². The van der Waals surface area contributed by atoms with Gasteiger partial charge in [-0.2, -0.15) is 0 Å². The predicted octanol–water partition coefficient (Wildman–Crippen LogP) is 3.48. The van der Waals surface area contributed by atoms with Crippen LogP contribution in [0.3, 0.4) is 0 Å². The zero-order valence-corrected chi connectivity index (χ0v) is 10.0. The van der Waals surface area contributed by atoms with Gasteiger partial charge in [-0.1, -0.05) is 0 Å². The van der Waals surface area contributed by atoms with E-state index in [1.165, 1.54) is 12.1 Å². The standard InChI is InChI=1S/C11H8BrFN2O/c1-7-11(15-5-4-14-7)16-8-2-3-10(13)9(12)6-8/h2-6H,1H3. The van der Waals surface area contributed by atoms with Crippen LogP contribution >= 0.6 is 15.9 Å². The monoisotopic (exact) mass is 282 g/mol. The zero-order valence-electron chi connectivity index (χ0n) is 8.45. The highest BCUT2D eigenvalue weighted by molar-refractivity contribution is 9.10. The van der Waals surface area contributed by atoms with E-state index < -0.39 is 0 Å². The molecule has 1 aromatic carbocycles. The first-order valence-electron chi connectivity index (χ1n) is 4.57. The average Bonchev–Trinajstić information content (AvgIpc) is 2.27. The zero-order chi connectivity index (χ0) is 11.5. The molecule has 0 amide bonds. The Hall–Kier alpha value is -1.49. The second-order valence-electron chi connectivity index (χ2n) is 3.12. The van der Waals surface area contributed by atoms with Crippen LogP contribution in [-0.2, 0) is 0 Å². The Morgan fingerprint density at radius 2 is 2.00 bits per heavy atom. The molecule has 0 aliphatic carbocycles. The van der Waals surface area contributed by atoms with Crippen molar-refractivity contribution in [2.24, 2.45) is 0 Å². The summed E-state index contributed by atoms with van der Waals surface area (Å²) in [6.45, 7) is 1.79. The van der Waals surface area contributed by atoms with Gasteiger partial charge in [-0.15, -0.1) is 0 Å². The highest BCUT2D eigenvalue weighted by Crippen LogP contribution is 2.26. The van der Waals surface area contributed by atoms with Crippen molar-refractivity contribution in [1.82, 2.24) is 9.97 Å². The minimum atomic E-state index is -0.330. The van der Waals surface area contributed by atoms with E-state index in [1.807, 2.05) is 0 Å². The van der Waals surface area contributed by atoms with Crippen molar-refractivity contribution in [1.29, 1.82) is 0 Å². The summed E-state index contributed by atoms with van der Waals surface area (Å²) in [4.78, 5) is 8.07. The molecular formula is C11H8BrFN2O. The first-order chi connectivity index (χ1) is 7.66. The molecule has 0 aliphatic heterocycles. The van der Waals surface area contributed by atoms with Gasteiger partial charge in [0.2, 0.25) is 5.88 Å². The van der Waals surface area contributed by atoms with E-state index >= 15 is 0 Å². The summed E-state index contributed by atoms with van der Waals surface area (Å²) in [5.41, 5.74) is 0.683. The Morgan fingerprint density at radius 3 is 2.69 bits per heavy atom. The maximum absolute atomic E-state index is 13.0.